The van der Waals surface area contributed by atoms with Crippen molar-refractivity contribution in [1.82, 2.24) is 0 Å². The summed E-state index contributed by atoms with van der Waals surface area (Å²) in [6.07, 6.45) is 2.52. The number of rotatable bonds is 3. The standard InChI is InChI=1S/C13H16ClNO2S/c1-9(2)18(16)15-7-10-5-12(14)6-11-8-17-4-3-13(10)11/h5-7,9H,3-4,8H2,1-2H3/t18-/m0/s1. The number of benzene rings is 1. The summed E-state index contributed by atoms with van der Waals surface area (Å²) >= 11 is 4.88. The van der Waals surface area contributed by atoms with Gasteiger partial charge in [-0.05, 0) is 43.5 Å². The monoisotopic (exact) mass is 285 g/mol. The van der Waals surface area contributed by atoms with E-state index in [2.05, 4.69) is 4.40 Å². The summed E-state index contributed by atoms with van der Waals surface area (Å²) in [5.74, 6) is 0. The van der Waals surface area contributed by atoms with Crippen molar-refractivity contribution in [2.45, 2.75) is 32.1 Å². The summed E-state index contributed by atoms with van der Waals surface area (Å²) < 4.78 is 21.1. The van der Waals surface area contributed by atoms with E-state index in [1.165, 1.54) is 5.56 Å². The molecule has 1 aliphatic rings. The average Bonchev–Trinajstić information content (AvgIpc) is 2.35. The van der Waals surface area contributed by atoms with Crippen LogP contribution in [0.2, 0.25) is 5.02 Å². The molecule has 3 nitrogen and oxygen atoms in total. The van der Waals surface area contributed by atoms with Gasteiger partial charge in [0, 0.05) is 10.6 Å². The molecule has 5 heteroatoms. The summed E-state index contributed by atoms with van der Waals surface area (Å²) in [7, 11) is 0. The normalized spacial score (nSPS) is 17.2. The zero-order valence-corrected chi connectivity index (χ0v) is 12.1. The maximum absolute atomic E-state index is 11.6. The van der Waals surface area contributed by atoms with Crippen molar-refractivity contribution in [2.24, 2.45) is 4.40 Å². The molecule has 18 heavy (non-hydrogen) atoms. The molecule has 2 rings (SSSR count). The van der Waals surface area contributed by atoms with Gasteiger partial charge in [0.25, 0.3) is 0 Å². The van der Waals surface area contributed by atoms with Crippen LogP contribution in [0.3, 0.4) is 0 Å². The van der Waals surface area contributed by atoms with E-state index in [1.54, 1.807) is 6.21 Å². The first-order valence-electron chi connectivity index (χ1n) is 5.91. The molecule has 0 aromatic heterocycles. The molecule has 1 aliphatic heterocycles. The van der Waals surface area contributed by atoms with E-state index in [0.29, 0.717) is 18.2 Å². The molecule has 1 atom stereocenters. The molecule has 1 aromatic carbocycles. The summed E-state index contributed by atoms with van der Waals surface area (Å²) in [6, 6.07) is 3.79. The van der Waals surface area contributed by atoms with Crippen molar-refractivity contribution in [2.75, 3.05) is 6.61 Å². The van der Waals surface area contributed by atoms with E-state index in [0.717, 1.165) is 17.5 Å². The van der Waals surface area contributed by atoms with Crippen LogP contribution in [0.1, 0.15) is 30.5 Å². The molecule has 0 fully saturated rings. The minimum Gasteiger partial charge on any atom is -0.591 e. The van der Waals surface area contributed by atoms with Gasteiger partial charge in [0.1, 0.15) is 5.25 Å². The molecule has 0 saturated carbocycles. The Hall–Kier alpha value is -0.550. The first-order valence-corrected chi connectivity index (χ1v) is 7.46. The Morgan fingerprint density at radius 3 is 3.00 bits per heavy atom. The molecule has 0 N–H and O–H groups in total. The second kappa shape index (κ2) is 6.06. The van der Waals surface area contributed by atoms with Crippen LogP contribution < -0.4 is 0 Å². The largest absolute Gasteiger partial charge is 0.591 e. The van der Waals surface area contributed by atoms with Gasteiger partial charge in [0.15, 0.2) is 0 Å². The van der Waals surface area contributed by atoms with Crippen molar-refractivity contribution in [3.05, 3.63) is 33.8 Å². The Labute approximate surface area is 116 Å². The molecule has 1 heterocycles. The predicted octanol–water partition coefficient (Wildman–Crippen LogP) is 2.90. The lowest BCUT2D eigenvalue weighted by Gasteiger charge is -2.18. The van der Waals surface area contributed by atoms with Gasteiger partial charge in [-0.15, -0.1) is 0 Å². The lowest BCUT2D eigenvalue weighted by Crippen LogP contribution is -2.14. The van der Waals surface area contributed by atoms with Crippen molar-refractivity contribution in [1.29, 1.82) is 0 Å². The maximum Gasteiger partial charge on any atom is 0.137 e. The third-order valence-electron chi connectivity index (χ3n) is 2.79. The van der Waals surface area contributed by atoms with Crippen LogP contribution in [0.15, 0.2) is 16.5 Å². The highest BCUT2D eigenvalue weighted by molar-refractivity contribution is 7.90. The second-order valence-corrected chi connectivity index (χ2v) is 6.64. The van der Waals surface area contributed by atoms with Gasteiger partial charge in [0.2, 0.25) is 0 Å². The maximum atomic E-state index is 11.6. The number of fused-ring (bicyclic) bond motifs is 1. The fourth-order valence-corrected chi connectivity index (χ4v) is 2.56. The molecule has 0 amide bonds. The van der Waals surface area contributed by atoms with Crippen molar-refractivity contribution >= 4 is 29.2 Å². The fourth-order valence-electron chi connectivity index (χ4n) is 1.85. The molecule has 0 unspecified atom stereocenters. The van der Waals surface area contributed by atoms with Crippen LogP contribution in [0, 0.1) is 0 Å². The third kappa shape index (κ3) is 3.26. The van der Waals surface area contributed by atoms with E-state index < -0.39 is 11.4 Å². The number of ether oxygens (including phenoxy) is 1. The van der Waals surface area contributed by atoms with Crippen LogP contribution >= 0.6 is 11.6 Å². The molecule has 0 bridgehead atoms. The van der Waals surface area contributed by atoms with Gasteiger partial charge >= 0.3 is 0 Å². The molecule has 0 saturated heterocycles. The molecule has 98 valence electrons. The van der Waals surface area contributed by atoms with E-state index in [9.17, 15) is 4.55 Å². The molecular weight excluding hydrogens is 270 g/mol. The van der Waals surface area contributed by atoms with Crippen LogP contribution in [0.4, 0.5) is 0 Å². The molecule has 0 aliphatic carbocycles. The minimum atomic E-state index is -1.18. The van der Waals surface area contributed by atoms with Crippen LogP contribution in [-0.4, -0.2) is 22.6 Å². The molecular formula is C13H16ClNO2S. The third-order valence-corrected chi connectivity index (χ3v) is 4.13. The Morgan fingerprint density at radius 2 is 2.28 bits per heavy atom. The van der Waals surface area contributed by atoms with Gasteiger partial charge in [-0.1, -0.05) is 16.0 Å². The van der Waals surface area contributed by atoms with Gasteiger partial charge in [0.05, 0.1) is 30.8 Å². The number of halogens is 1. The molecule has 0 radical (unpaired) electrons. The Bertz CT molecular complexity index is 463. The Morgan fingerprint density at radius 1 is 1.50 bits per heavy atom. The van der Waals surface area contributed by atoms with Crippen molar-refractivity contribution in [3.8, 4) is 0 Å². The number of hydrogen-bond acceptors (Lipinski definition) is 3. The van der Waals surface area contributed by atoms with E-state index in [4.69, 9.17) is 16.3 Å². The first kappa shape index (κ1) is 13.9. The van der Waals surface area contributed by atoms with Gasteiger partial charge in [-0.2, -0.15) is 0 Å². The highest BCUT2D eigenvalue weighted by Gasteiger charge is 2.15. The molecule has 1 aromatic rings. The Kier molecular flexibility index (Phi) is 4.67. The van der Waals surface area contributed by atoms with E-state index >= 15 is 0 Å². The lowest BCUT2D eigenvalue weighted by atomic mass is 9.98. The van der Waals surface area contributed by atoms with E-state index in [-0.39, 0.29) is 5.25 Å². The first-order chi connectivity index (χ1) is 8.58. The van der Waals surface area contributed by atoms with Gasteiger partial charge in [-0.25, -0.2) is 0 Å². The smallest absolute Gasteiger partial charge is 0.137 e. The quantitative estimate of drug-likeness (QED) is 0.633. The highest BCUT2D eigenvalue weighted by Crippen LogP contribution is 2.24. The Balaban J connectivity index is 2.29. The van der Waals surface area contributed by atoms with Crippen LogP contribution in [-0.2, 0) is 29.1 Å². The van der Waals surface area contributed by atoms with Crippen LogP contribution in [0.25, 0.3) is 0 Å². The summed E-state index contributed by atoms with van der Waals surface area (Å²) in [5.41, 5.74) is 3.26. The fraction of sp³-hybridized carbons (Fsp3) is 0.462. The predicted molar refractivity (Wildman–Crippen MR) is 75.7 cm³/mol. The summed E-state index contributed by atoms with van der Waals surface area (Å²) in [5, 5.41) is 0.690. The zero-order valence-electron chi connectivity index (χ0n) is 10.5. The SMILES string of the molecule is CC(C)[S@+]([O-])N=Cc1cc(Cl)cc2c1CCOC2. The number of hydrogen-bond donors (Lipinski definition) is 0. The van der Waals surface area contributed by atoms with Crippen molar-refractivity contribution in [3.63, 3.8) is 0 Å². The van der Waals surface area contributed by atoms with Gasteiger partial charge < -0.3 is 9.29 Å². The summed E-state index contributed by atoms with van der Waals surface area (Å²) in [6.45, 7) is 5.07. The highest BCUT2D eigenvalue weighted by atomic mass is 35.5. The summed E-state index contributed by atoms with van der Waals surface area (Å²) in [4.78, 5) is 0. The van der Waals surface area contributed by atoms with E-state index in [1.807, 2.05) is 26.0 Å². The van der Waals surface area contributed by atoms with Crippen LogP contribution in [0.5, 0.6) is 0 Å². The topological polar surface area (TPSA) is 44.7 Å². The second-order valence-electron chi connectivity index (χ2n) is 4.49. The van der Waals surface area contributed by atoms with Gasteiger partial charge in [-0.3, -0.25) is 0 Å². The molecule has 0 spiro atoms. The minimum absolute atomic E-state index is 0.0274. The zero-order chi connectivity index (χ0) is 13.1. The van der Waals surface area contributed by atoms with Crippen molar-refractivity contribution < 1.29 is 9.29 Å². The number of nitrogens with zero attached hydrogens (tertiary/aromatic N) is 1. The average molecular weight is 286 g/mol. The lowest BCUT2D eigenvalue weighted by molar-refractivity contribution is 0.110.